The molecule has 316 valence electrons. The molecule has 0 amide bonds. The highest BCUT2D eigenvalue weighted by atomic mass is 35.5. The predicted molar refractivity (Wildman–Crippen MR) is 234 cm³/mol. The van der Waals surface area contributed by atoms with Crippen LogP contribution in [0.2, 0.25) is 41.3 Å². The summed E-state index contributed by atoms with van der Waals surface area (Å²) in [6, 6.07) is 6.04. The van der Waals surface area contributed by atoms with E-state index in [1.54, 1.807) is 0 Å². The monoisotopic (exact) mass is 841 g/mol. The zero-order valence-electron chi connectivity index (χ0n) is 37.2. The molecule has 14 heteroatoms. The lowest BCUT2D eigenvalue weighted by Gasteiger charge is -2.36. The van der Waals surface area contributed by atoms with Gasteiger partial charge in [-0.3, -0.25) is 9.36 Å². The largest absolute Gasteiger partial charge is 0.464 e. The second-order valence-corrected chi connectivity index (χ2v) is 28.8. The van der Waals surface area contributed by atoms with Crippen LogP contribution in [0.25, 0.3) is 22.0 Å². The fourth-order valence-corrected chi connectivity index (χ4v) is 9.35. The number of benzene rings is 1. The SMILES string of the molecule is COC(=O)c1c(CCCO[Si](C)(C)C(C)(C)C)c2ccc(Cl)c(-c3c(COCc4cc(CO[Si](C)(C)C(C)(C)C)n(CC5CCCCO5)n4)nn(C)c3C)c2n1C. The van der Waals surface area contributed by atoms with Crippen LogP contribution in [0.15, 0.2) is 18.2 Å². The van der Waals surface area contributed by atoms with Crippen molar-refractivity contribution < 1.29 is 27.9 Å². The maximum Gasteiger partial charge on any atom is 0.354 e. The number of halogens is 1. The molecule has 5 rings (SSSR count). The number of ether oxygens (including phenoxy) is 3. The van der Waals surface area contributed by atoms with Crippen molar-refractivity contribution in [3.05, 3.63) is 57.3 Å². The molecule has 0 aliphatic carbocycles. The van der Waals surface area contributed by atoms with E-state index in [1.807, 2.05) is 42.4 Å². The number of hydrogen-bond donors (Lipinski definition) is 0. The lowest BCUT2D eigenvalue weighted by molar-refractivity contribution is 0.00283. The molecule has 1 aliphatic heterocycles. The van der Waals surface area contributed by atoms with Crippen molar-refractivity contribution in [2.45, 2.75) is 149 Å². The van der Waals surface area contributed by atoms with Gasteiger partial charge in [0.05, 0.1) is 67.2 Å². The molecule has 0 bridgehead atoms. The fraction of sp³-hybridized carbons (Fsp3) is 0.651. The Bertz CT molecular complexity index is 2030. The van der Waals surface area contributed by atoms with Crippen molar-refractivity contribution in [2.75, 3.05) is 20.3 Å². The van der Waals surface area contributed by atoms with Crippen LogP contribution >= 0.6 is 11.6 Å². The molecule has 1 aliphatic rings. The topological polar surface area (TPSA) is 104 Å². The molecule has 1 unspecified atom stereocenters. The molecular formula is C43H68ClN5O6Si2. The first-order chi connectivity index (χ1) is 26.6. The van der Waals surface area contributed by atoms with E-state index >= 15 is 0 Å². The summed E-state index contributed by atoms with van der Waals surface area (Å²) in [5.74, 6) is -0.383. The van der Waals surface area contributed by atoms with E-state index in [1.165, 1.54) is 13.5 Å². The fourth-order valence-electron chi connectivity index (χ4n) is 7.07. The first kappa shape index (κ1) is 45.3. The van der Waals surface area contributed by atoms with Gasteiger partial charge < -0.3 is 27.6 Å². The van der Waals surface area contributed by atoms with Crippen molar-refractivity contribution >= 4 is 45.1 Å². The highest BCUT2D eigenvalue weighted by Gasteiger charge is 2.38. The zero-order valence-corrected chi connectivity index (χ0v) is 39.9. The lowest BCUT2D eigenvalue weighted by atomic mass is 9.98. The average molecular weight is 843 g/mol. The summed E-state index contributed by atoms with van der Waals surface area (Å²) in [6.07, 6.45) is 4.87. The minimum absolute atomic E-state index is 0.101. The molecule has 1 aromatic carbocycles. The second-order valence-electron chi connectivity index (χ2n) is 18.8. The van der Waals surface area contributed by atoms with Crippen molar-refractivity contribution in [3.63, 3.8) is 0 Å². The van der Waals surface area contributed by atoms with Crippen LogP contribution in [-0.4, -0.2) is 73.2 Å². The van der Waals surface area contributed by atoms with Crippen LogP contribution in [0, 0.1) is 6.92 Å². The van der Waals surface area contributed by atoms with Gasteiger partial charge in [-0.25, -0.2) is 4.79 Å². The van der Waals surface area contributed by atoms with Crippen LogP contribution in [-0.2, 0) is 69.9 Å². The van der Waals surface area contributed by atoms with Crippen LogP contribution in [0.4, 0.5) is 0 Å². The van der Waals surface area contributed by atoms with Gasteiger partial charge in [-0.1, -0.05) is 59.2 Å². The Morgan fingerprint density at radius 2 is 1.63 bits per heavy atom. The number of methoxy groups -OCH3 is 1. The summed E-state index contributed by atoms with van der Waals surface area (Å²) in [6.45, 7) is 27.8. The molecule has 1 fully saturated rings. The van der Waals surface area contributed by atoms with E-state index in [0.717, 1.165) is 76.2 Å². The third-order valence-corrected chi connectivity index (χ3v) is 22.1. The van der Waals surface area contributed by atoms with Gasteiger partial charge in [-0.05, 0) is 93.0 Å². The van der Waals surface area contributed by atoms with Crippen LogP contribution in [0.3, 0.4) is 0 Å². The van der Waals surface area contributed by atoms with Crippen molar-refractivity contribution in [1.82, 2.24) is 24.1 Å². The van der Waals surface area contributed by atoms with E-state index in [2.05, 4.69) is 78.5 Å². The normalized spacial score (nSPS) is 15.9. The standard InChI is InChI=1S/C43H68ClN5O6Si2/c1-29-37(38-35(44)21-20-34-33(40(41(50)51-10)47(8)39(34)38)19-17-23-54-56(11,12)42(2,3)4)36(46-48(29)9)28-52-26-30-24-31(27-55-57(13,14)43(5,6)7)49(45-30)25-32-18-15-16-22-53-32/h20-21,24,32H,15-19,22-23,25-28H2,1-14H3. The Kier molecular flexibility index (Phi) is 14.2. The maximum absolute atomic E-state index is 13.4. The molecule has 57 heavy (non-hydrogen) atoms. The van der Waals surface area contributed by atoms with Gasteiger partial charge in [0.2, 0.25) is 0 Å². The maximum atomic E-state index is 13.4. The molecule has 0 N–H and O–H groups in total. The molecular weight excluding hydrogens is 774 g/mol. The van der Waals surface area contributed by atoms with Gasteiger partial charge >= 0.3 is 5.97 Å². The van der Waals surface area contributed by atoms with Gasteiger partial charge in [-0.2, -0.15) is 10.2 Å². The average Bonchev–Trinajstić information content (AvgIpc) is 3.74. The minimum atomic E-state index is -1.98. The first-order valence-corrected chi connectivity index (χ1v) is 26.7. The van der Waals surface area contributed by atoms with Gasteiger partial charge in [0.15, 0.2) is 16.6 Å². The molecule has 0 radical (unpaired) electrons. The summed E-state index contributed by atoms with van der Waals surface area (Å²) in [5, 5.41) is 11.7. The van der Waals surface area contributed by atoms with Crippen molar-refractivity contribution in [1.29, 1.82) is 0 Å². The zero-order chi connectivity index (χ0) is 42.1. The predicted octanol–water partition coefficient (Wildman–Crippen LogP) is 10.3. The molecule has 0 saturated carbocycles. The Balaban J connectivity index is 1.43. The minimum Gasteiger partial charge on any atom is -0.464 e. The summed E-state index contributed by atoms with van der Waals surface area (Å²) >= 11 is 7.12. The number of nitrogens with zero attached hydrogens (tertiary/aromatic N) is 5. The summed E-state index contributed by atoms with van der Waals surface area (Å²) in [4.78, 5) is 13.4. The van der Waals surface area contributed by atoms with Crippen molar-refractivity contribution in [3.8, 4) is 11.1 Å². The molecule has 0 spiro atoms. The number of esters is 1. The second kappa shape index (κ2) is 17.8. The Labute approximate surface area is 347 Å². The van der Waals surface area contributed by atoms with E-state index in [0.29, 0.717) is 43.5 Å². The first-order valence-electron chi connectivity index (χ1n) is 20.5. The van der Waals surface area contributed by atoms with Gasteiger partial charge in [0.25, 0.3) is 0 Å². The third kappa shape index (κ3) is 9.99. The summed E-state index contributed by atoms with van der Waals surface area (Å²) in [5.41, 5.74) is 7.58. The quantitative estimate of drug-likeness (QED) is 0.0624. The number of fused-ring (bicyclic) bond motifs is 1. The molecule has 4 aromatic rings. The number of hydrogen-bond acceptors (Lipinski definition) is 8. The van der Waals surface area contributed by atoms with Crippen LogP contribution in [0.1, 0.15) is 106 Å². The third-order valence-electron chi connectivity index (χ3n) is 12.7. The lowest BCUT2D eigenvalue weighted by Crippen LogP contribution is -2.41. The summed E-state index contributed by atoms with van der Waals surface area (Å²) in [7, 11) is 1.37. The van der Waals surface area contributed by atoms with Gasteiger partial charge in [-0.15, -0.1) is 0 Å². The highest BCUT2D eigenvalue weighted by molar-refractivity contribution is 6.74. The molecule has 1 saturated heterocycles. The number of aryl methyl sites for hydroxylation is 3. The number of rotatable bonds is 16. The van der Waals surface area contributed by atoms with Crippen LogP contribution in [0.5, 0.6) is 0 Å². The van der Waals surface area contributed by atoms with E-state index in [-0.39, 0.29) is 28.8 Å². The van der Waals surface area contributed by atoms with Gasteiger partial charge in [0, 0.05) is 49.5 Å². The summed E-state index contributed by atoms with van der Waals surface area (Å²) < 4.78 is 36.9. The number of aromatic nitrogens is 5. The molecule has 11 nitrogen and oxygen atoms in total. The van der Waals surface area contributed by atoms with Crippen molar-refractivity contribution in [2.24, 2.45) is 14.1 Å². The van der Waals surface area contributed by atoms with Crippen LogP contribution < -0.4 is 0 Å². The van der Waals surface area contributed by atoms with E-state index in [9.17, 15) is 4.79 Å². The number of carbonyl (C=O) groups excluding carboxylic acids is 1. The number of carbonyl (C=O) groups is 1. The molecule has 1 atom stereocenters. The Morgan fingerprint density at radius 3 is 2.26 bits per heavy atom. The highest BCUT2D eigenvalue weighted by Crippen LogP contribution is 2.43. The smallest absolute Gasteiger partial charge is 0.354 e. The van der Waals surface area contributed by atoms with E-state index < -0.39 is 16.6 Å². The molecule has 4 heterocycles. The van der Waals surface area contributed by atoms with E-state index in [4.69, 9.17) is 44.9 Å². The van der Waals surface area contributed by atoms with Gasteiger partial charge in [0.1, 0.15) is 5.69 Å². The Morgan fingerprint density at radius 1 is 0.947 bits per heavy atom. The Hall–Kier alpha value is -2.79. The molecule has 3 aromatic heterocycles.